The lowest BCUT2D eigenvalue weighted by molar-refractivity contribution is 0.0591. The molecule has 0 N–H and O–H groups in total. The maximum absolute atomic E-state index is 12.2. The maximum atomic E-state index is 12.2. The van der Waals surface area contributed by atoms with E-state index in [1.807, 2.05) is 36.5 Å². The molecule has 0 aliphatic carbocycles. The van der Waals surface area contributed by atoms with Gasteiger partial charge in [-0.15, -0.1) is 0 Å². The number of rotatable bonds is 3. The number of nitriles is 1. The van der Waals surface area contributed by atoms with Gasteiger partial charge < -0.3 is 9.30 Å². The molecule has 1 aromatic heterocycles. The van der Waals surface area contributed by atoms with Gasteiger partial charge in [-0.25, -0.2) is 4.79 Å². The highest BCUT2D eigenvalue weighted by molar-refractivity contribution is 9.10. The Labute approximate surface area is 148 Å². The van der Waals surface area contributed by atoms with Crippen molar-refractivity contribution in [3.8, 4) is 22.9 Å². The molecule has 0 saturated heterocycles. The quantitative estimate of drug-likeness (QED) is 0.625. The van der Waals surface area contributed by atoms with Crippen LogP contribution >= 0.6 is 15.9 Å². The number of methoxy groups -OCH3 is 1. The number of halogens is 1. The minimum absolute atomic E-state index is 0.367. The second-order valence-electron chi connectivity index (χ2n) is 5.11. The Morgan fingerprint density at radius 1 is 1.12 bits per heavy atom. The first-order valence-corrected chi connectivity index (χ1v) is 7.99. The van der Waals surface area contributed by atoms with Gasteiger partial charge in [-0.1, -0.05) is 46.3 Å². The van der Waals surface area contributed by atoms with Crippen LogP contribution in [-0.2, 0) is 4.74 Å². The van der Waals surface area contributed by atoms with Crippen molar-refractivity contribution in [3.63, 3.8) is 0 Å². The minimum atomic E-state index is -0.457. The van der Waals surface area contributed by atoms with Crippen LogP contribution in [0.2, 0.25) is 0 Å². The lowest BCUT2D eigenvalue weighted by atomic mass is 10.1. The summed E-state index contributed by atoms with van der Waals surface area (Å²) in [7, 11) is 1.34. The summed E-state index contributed by atoms with van der Waals surface area (Å²) < 4.78 is 7.41. The number of carbonyl (C=O) groups excluding carboxylic acids is 1. The van der Waals surface area contributed by atoms with Crippen LogP contribution in [0.5, 0.6) is 0 Å². The third kappa shape index (κ3) is 2.97. The predicted octanol–water partition coefficient (Wildman–Crippen LogP) is 4.57. The topological polar surface area (TPSA) is 55.0 Å². The summed E-state index contributed by atoms with van der Waals surface area (Å²) in [5.74, 6) is -0.457. The van der Waals surface area contributed by atoms with Crippen molar-refractivity contribution in [1.82, 2.24) is 4.57 Å². The second-order valence-corrected chi connectivity index (χ2v) is 6.03. The van der Waals surface area contributed by atoms with Crippen LogP contribution in [0, 0.1) is 11.3 Å². The molecule has 0 amide bonds. The zero-order chi connectivity index (χ0) is 17.1. The molecule has 0 unspecified atom stereocenters. The molecule has 0 fully saturated rings. The molecule has 0 atom stereocenters. The number of benzene rings is 2. The van der Waals surface area contributed by atoms with Crippen LogP contribution in [-0.4, -0.2) is 17.6 Å². The van der Waals surface area contributed by atoms with Gasteiger partial charge >= 0.3 is 5.97 Å². The number of esters is 1. The summed E-state index contributed by atoms with van der Waals surface area (Å²) >= 11 is 3.41. The SMILES string of the molecule is COC(=O)c1cc(-c2ccccc2)cn1-c1cc(Br)ccc1C#N. The largest absolute Gasteiger partial charge is 0.464 e. The number of ether oxygens (including phenoxy) is 1. The molecule has 3 aromatic rings. The number of hydrogen-bond donors (Lipinski definition) is 0. The van der Waals surface area contributed by atoms with Crippen molar-refractivity contribution in [2.45, 2.75) is 0 Å². The van der Waals surface area contributed by atoms with E-state index < -0.39 is 5.97 Å². The Hall–Kier alpha value is -2.84. The van der Waals surface area contributed by atoms with E-state index in [-0.39, 0.29) is 0 Å². The summed E-state index contributed by atoms with van der Waals surface area (Å²) in [6.45, 7) is 0. The van der Waals surface area contributed by atoms with E-state index in [0.29, 0.717) is 16.9 Å². The zero-order valence-electron chi connectivity index (χ0n) is 12.9. The summed E-state index contributed by atoms with van der Waals surface area (Å²) in [5, 5.41) is 9.39. The summed E-state index contributed by atoms with van der Waals surface area (Å²) in [4.78, 5) is 12.2. The van der Waals surface area contributed by atoms with Crippen molar-refractivity contribution in [2.75, 3.05) is 7.11 Å². The summed E-state index contributed by atoms with van der Waals surface area (Å²) in [6, 6.07) is 19.0. The van der Waals surface area contributed by atoms with Gasteiger partial charge in [0.1, 0.15) is 11.8 Å². The highest BCUT2D eigenvalue weighted by atomic mass is 79.9. The summed E-state index contributed by atoms with van der Waals surface area (Å²) in [6.07, 6.45) is 1.84. The third-order valence-electron chi connectivity index (χ3n) is 3.66. The molecule has 4 nitrogen and oxygen atoms in total. The number of carbonyl (C=O) groups is 1. The van der Waals surface area contributed by atoms with Gasteiger partial charge in [0.15, 0.2) is 0 Å². The van der Waals surface area contributed by atoms with Crippen LogP contribution in [0.3, 0.4) is 0 Å². The average molecular weight is 381 g/mol. The molecule has 3 rings (SSSR count). The molecule has 0 bridgehead atoms. The molecule has 0 saturated carbocycles. The molecule has 0 aliphatic heterocycles. The minimum Gasteiger partial charge on any atom is -0.464 e. The molecule has 1 heterocycles. The molecule has 118 valence electrons. The number of hydrogen-bond acceptors (Lipinski definition) is 3. The van der Waals surface area contributed by atoms with Crippen molar-refractivity contribution in [1.29, 1.82) is 5.26 Å². The molecular formula is C19H13BrN2O2. The van der Waals surface area contributed by atoms with Crippen molar-refractivity contribution < 1.29 is 9.53 Å². The van der Waals surface area contributed by atoms with E-state index in [1.165, 1.54) is 7.11 Å². The molecule has 2 aromatic carbocycles. The fourth-order valence-electron chi connectivity index (χ4n) is 2.51. The highest BCUT2D eigenvalue weighted by Gasteiger charge is 2.18. The van der Waals surface area contributed by atoms with E-state index in [9.17, 15) is 10.1 Å². The fraction of sp³-hybridized carbons (Fsp3) is 0.0526. The molecule has 5 heteroatoms. The molecular weight excluding hydrogens is 368 g/mol. The Morgan fingerprint density at radius 2 is 1.88 bits per heavy atom. The monoisotopic (exact) mass is 380 g/mol. The second kappa shape index (κ2) is 6.73. The van der Waals surface area contributed by atoms with Crippen molar-refractivity contribution in [3.05, 3.63) is 76.5 Å². The van der Waals surface area contributed by atoms with E-state index >= 15 is 0 Å². The molecule has 0 radical (unpaired) electrons. The Kier molecular flexibility index (Phi) is 4.50. The van der Waals surface area contributed by atoms with Gasteiger partial charge in [-0.2, -0.15) is 5.26 Å². The van der Waals surface area contributed by atoms with Gasteiger partial charge in [-0.3, -0.25) is 0 Å². The standard InChI is InChI=1S/C19H13BrN2O2/c1-24-19(23)18-9-15(13-5-3-2-4-6-13)12-22(18)17-10-16(20)8-7-14(17)11-21/h2-10,12H,1H3. The number of aromatic nitrogens is 1. The van der Waals surface area contributed by atoms with Crippen LogP contribution in [0.15, 0.2) is 65.3 Å². The lowest BCUT2D eigenvalue weighted by Gasteiger charge is -2.10. The smallest absolute Gasteiger partial charge is 0.355 e. The molecule has 0 aliphatic rings. The van der Waals surface area contributed by atoms with Crippen LogP contribution < -0.4 is 0 Å². The van der Waals surface area contributed by atoms with Crippen LogP contribution in [0.4, 0.5) is 0 Å². The lowest BCUT2D eigenvalue weighted by Crippen LogP contribution is -2.09. The summed E-state index contributed by atoms with van der Waals surface area (Å²) in [5.41, 5.74) is 3.31. The Balaban J connectivity index is 2.24. The highest BCUT2D eigenvalue weighted by Crippen LogP contribution is 2.28. The van der Waals surface area contributed by atoms with Crippen LogP contribution in [0.25, 0.3) is 16.8 Å². The average Bonchev–Trinajstić information content (AvgIpc) is 3.07. The fourth-order valence-corrected chi connectivity index (χ4v) is 2.86. The van der Waals surface area contributed by atoms with Gasteiger partial charge in [-0.05, 0) is 29.8 Å². The Bertz CT molecular complexity index is 940. The zero-order valence-corrected chi connectivity index (χ0v) is 14.4. The van der Waals surface area contributed by atoms with E-state index in [2.05, 4.69) is 22.0 Å². The Morgan fingerprint density at radius 3 is 2.54 bits per heavy atom. The molecule has 0 spiro atoms. The first kappa shape index (κ1) is 16.0. The predicted molar refractivity (Wildman–Crippen MR) is 95.0 cm³/mol. The van der Waals surface area contributed by atoms with Crippen LogP contribution in [0.1, 0.15) is 16.1 Å². The van der Waals surface area contributed by atoms with Gasteiger partial charge in [0.25, 0.3) is 0 Å². The maximum Gasteiger partial charge on any atom is 0.355 e. The number of nitrogens with zero attached hydrogens (tertiary/aromatic N) is 2. The first-order chi connectivity index (χ1) is 11.6. The third-order valence-corrected chi connectivity index (χ3v) is 4.15. The van der Waals surface area contributed by atoms with Gasteiger partial charge in [0.05, 0.1) is 18.4 Å². The van der Waals surface area contributed by atoms with Crippen molar-refractivity contribution in [2.24, 2.45) is 0 Å². The first-order valence-electron chi connectivity index (χ1n) is 7.20. The van der Waals surface area contributed by atoms with E-state index in [1.54, 1.807) is 28.8 Å². The van der Waals surface area contributed by atoms with Crippen molar-refractivity contribution >= 4 is 21.9 Å². The van der Waals surface area contributed by atoms with Gasteiger partial charge in [0.2, 0.25) is 0 Å². The van der Waals surface area contributed by atoms with E-state index in [4.69, 9.17) is 4.74 Å². The normalized spacial score (nSPS) is 10.2. The molecule has 24 heavy (non-hydrogen) atoms. The van der Waals surface area contributed by atoms with E-state index in [0.717, 1.165) is 15.6 Å². The van der Waals surface area contributed by atoms with Gasteiger partial charge in [0, 0.05) is 16.2 Å².